The second-order valence-electron chi connectivity index (χ2n) is 5.05. The number of aryl methyl sites for hydroxylation is 1. The molecule has 0 amide bonds. The minimum Gasteiger partial charge on any atom is -0.480 e. The molecule has 4 N–H and O–H groups in total. The number of nitro benzene ring substituents is 1. The van der Waals surface area contributed by atoms with Gasteiger partial charge in [0.15, 0.2) is 0 Å². The Kier molecular flexibility index (Phi) is 4.52. The fraction of sp³-hybridized carbons (Fsp3) is 0.286. The van der Waals surface area contributed by atoms with Crippen LogP contribution in [0, 0.1) is 17.0 Å². The Hall–Kier alpha value is -2.74. The van der Waals surface area contributed by atoms with Crippen LogP contribution < -0.4 is 5.73 Å². The summed E-state index contributed by atoms with van der Waals surface area (Å²) >= 11 is 0. The van der Waals surface area contributed by atoms with E-state index in [4.69, 9.17) is 10.8 Å². The van der Waals surface area contributed by atoms with Gasteiger partial charge in [-0.2, -0.15) is 0 Å². The van der Waals surface area contributed by atoms with Crippen molar-refractivity contribution in [2.45, 2.75) is 25.3 Å². The van der Waals surface area contributed by atoms with E-state index in [0.717, 1.165) is 5.56 Å². The van der Waals surface area contributed by atoms with E-state index in [9.17, 15) is 14.9 Å². The smallest absolute Gasteiger partial charge is 0.321 e. The number of aromatic amines is 1. The van der Waals surface area contributed by atoms with Gasteiger partial charge in [-0.1, -0.05) is 6.07 Å². The molecule has 0 saturated heterocycles. The van der Waals surface area contributed by atoms with Gasteiger partial charge in [0.05, 0.1) is 16.9 Å². The molecule has 8 heteroatoms. The summed E-state index contributed by atoms with van der Waals surface area (Å²) in [5.74, 6) is -1.64. The molecule has 8 nitrogen and oxygen atoms in total. The lowest BCUT2D eigenvalue weighted by Gasteiger charge is -2.19. The maximum Gasteiger partial charge on any atom is 0.321 e. The van der Waals surface area contributed by atoms with Crippen LogP contribution in [0.5, 0.6) is 0 Å². The summed E-state index contributed by atoms with van der Waals surface area (Å²) in [6, 6.07) is 3.59. The van der Waals surface area contributed by atoms with Gasteiger partial charge in [-0.25, -0.2) is 4.98 Å². The first-order valence-corrected chi connectivity index (χ1v) is 6.61. The SMILES string of the molecule is Cc1cc(CC(c2c[nH]cn2)[C@H](N)C(=O)O)ccc1[N+](=O)[O-]. The van der Waals surface area contributed by atoms with E-state index in [1.807, 2.05) is 0 Å². The molecule has 2 atom stereocenters. The zero-order chi connectivity index (χ0) is 16.3. The average molecular weight is 304 g/mol. The Labute approximate surface area is 126 Å². The summed E-state index contributed by atoms with van der Waals surface area (Å²) < 4.78 is 0. The lowest BCUT2D eigenvalue weighted by Crippen LogP contribution is -2.37. The number of benzene rings is 1. The number of carboxylic acid groups (broad SMARTS) is 1. The summed E-state index contributed by atoms with van der Waals surface area (Å²) in [5.41, 5.74) is 7.62. The Morgan fingerprint density at radius 3 is 2.77 bits per heavy atom. The molecule has 1 aromatic carbocycles. The van der Waals surface area contributed by atoms with Crippen molar-refractivity contribution in [2.24, 2.45) is 5.73 Å². The Morgan fingerprint density at radius 1 is 1.55 bits per heavy atom. The van der Waals surface area contributed by atoms with Crippen molar-refractivity contribution in [1.82, 2.24) is 9.97 Å². The molecule has 0 saturated carbocycles. The second kappa shape index (κ2) is 6.35. The van der Waals surface area contributed by atoms with Gasteiger partial charge < -0.3 is 15.8 Å². The number of nitrogens with zero attached hydrogens (tertiary/aromatic N) is 2. The molecule has 1 unspecified atom stereocenters. The predicted molar refractivity (Wildman–Crippen MR) is 78.5 cm³/mol. The topological polar surface area (TPSA) is 135 Å². The molecule has 0 aliphatic carbocycles. The van der Waals surface area contributed by atoms with Gasteiger partial charge in [-0.15, -0.1) is 0 Å². The molecule has 0 fully saturated rings. The molecule has 2 aromatic rings. The third kappa shape index (κ3) is 3.29. The quantitative estimate of drug-likeness (QED) is 0.544. The molecule has 1 heterocycles. The van der Waals surface area contributed by atoms with Gasteiger partial charge >= 0.3 is 5.97 Å². The van der Waals surface area contributed by atoms with Crippen LogP contribution in [0.1, 0.15) is 22.7 Å². The molecular weight excluding hydrogens is 288 g/mol. The van der Waals surface area contributed by atoms with Crippen LogP contribution in [0.4, 0.5) is 5.69 Å². The maximum atomic E-state index is 11.2. The van der Waals surface area contributed by atoms with Crippen LogP contribution in [-0.2, 0) is 11.2 Å². The Bertz CT molecular complexity index is 684. The molecule has 116 valence electrons. The predicted octanol–water partition coefficient (Wildman–Crippen LogP) is 1.36. The van der Waals surface area contributed by atoms with Crippen molar-refractivity contribution in [3.8, 4) is 0 Å². The van der Waals surface area contributed by atoms with Gasteiger partial charge in [0.1, 0.15) is 6.04 Å². The molecule has 2 rings (SSSR count). The Balaban J connectivity index is 2.30. The van der Waals surface area contributed by atoms with E-state index >= 15 is 0 Å². The van der Waals surface area contributed by atoms with Crippen molar-refractivity contribution < 1.29 is 14.8 Å². The van der Waals surface area contributed by atoms with Crippen LogP contribution in [0.2, 0.25) is 0 Å². The van der Waals surface area contributed by atoms with E-state index in [1.165, 1.54) is 12.4 Å². The number of aliphatic carboxylic acids is 1. The molecular formula is C14H16N4O4. The van der Waals surface area contributed by atoms with Gasteiger partial charge in [-0.05, 0) is 25.0 Å². The largest absolute Gasteiger partial charge is 0.480 e. The first-order valence-electron chi connectivity index (χ1n) is 6.61. The number of imidazole rings is 1. The molecule has 0 radical (unpaired) electrons. The number of hydrogen-bond acceptors (Lipinski definition) is 5. The number of nitrogens with two attached hydrogens (primary N) is 1. The number of H-pyrrole nitrogens is 1. The van der Waals surface area contributed by atoms with Crippen molar-refractivity contribution >= 4 is 11.7 Å². The van der Waals surface area contributed by atoms with Gasteiger partial charge in [0.25, 0.3) is 5.69 Å². The zero-order valence-electron chi connectivity index (χ0n) is 11.9. The fourth-order valence-corrected chi connectivity index (χ4v) is 2.37. The van der Waals surface area contributed by atoms with Crippen molar-refractivity contribution in [3.63, 3.8) is 0 Å². The Morgan fingerprint density at radius 2 is 2.27 bits per heavy atom. The molecule has 0 bridgehead atoms. The first kappa shape index (κ1) is 15.6. The summed E-state index contributed by atoms with van der Waals surface area (Å²) in [5, 5.41) is 20.0. The fourth-order valence-electron chi connectivity index (χ4n) is 2.37. The standard InChI is InChI=1S/C14H16N4O4/c1-8-4-9(2-3-12(8)18(21)22)5-10(13(15)14(19)20)11-6-16-7-17-11/h2-4,6-7,10,13H,5,15H2,1H3,(H,16,17)(H,19,20)/t10?,13-/m0/s1. The molecule has 22 heavy (non-hydrogen) atoms. The molecule has 0 aliphatic rings. The number of carboxylic acids is 1. The summed E-state index contributed by atoms with van der Waals surface area (Å²) in [7, 11) is 0. The van der Waals surface area contributed by atoms with Gasteiger partial charge in [-0.3, -0.25) is 14.9 Å². The number of aromatic nitrogens is 2. The summed E-state index contributed by atoms with van der Waals surface area (Å²) in [6.45, 7) is 1.64. The number of hydrogen-bond donors (Lipinski definition) is 3. The monoisotopic (exact) mass is 304 g/mol. The van der Waals surface area contributed by atoms with Crippen LogP contribution in [0.25, 0.3) is 0 Å². The number of carbonyl (C=O) groups is 1. The van der Waals surface area contributed by atoms with E-state index in [2.05, 4.69) is 9.97 Å². The van der Waals surface area contributed by atoms with Crippen LogP contribution in [-0.4, -0.2) is 32.0 Å². The third-order valence-electron chi connectivity index (χ3n) is 3.53. The van der Waals surface area contributed by atoms with E-state index in [0.29, 0.717) is 17.7 Å². The third-order valence-corrected chi connectivity index (χ3v) is 3.53. The van der Waals surface area contributed by atoms with E-state index < -0.39 is 22.9 Å². The van der Waals surface area contributed by atoms with Crippen molar-refractivity contribution in [2.75, 3.05) is 0 Å². The van der Waals surface area contributed by atoms with Gasteiger partial charge in [0.2, 0.25) is 0 Å². The lowest BCUT2D eigenvalue weighted by atomic mass is 9.89. The zero-order valence-corrected chi connectivity index (χ0v) is 11.9. The van der Waals surface area contributed by atoms with Crippen LogP contribution in [0.15, 0.2) is 30.7 Å². The lowest BCUT2D eigenvalue weighted by molar-refractivity contribution is -0.385. The van der Waals surface area contributed by atoms with E-state index in [-0.39, 0.29) is 5.69 Å². The number of rotatable bonds is 6. The molecule has 0 aliphatic heterocycles. The maximum absolute atomic E-state index is 11.2. The second-order valence-corrected chi connectivity index (χ2v) is 5.05. The van der Waals surface area contributed by atoms with Crippen LogP contribution >= 0.6 is 0 Å². The van der Waals surface area contributed by atoms with Gasteiger partial charge in [0, 0.05) is 23.7 Å². The molecule has 1 aromatic heterocycles. The van der Waals surface area contributed by atoms with Crippen LogP contribution in [0.3, 0.4) is 0 Å². The normalized spacial score (nSPS) is 13.5. The van der Waals surface area contributed by atoms with E-state index in [1.54, 1.807) is 25.3 Å². The minimum absolute atomic E-state index is 0.0302. The highest BCUT2D eigenvalue weighted by Crippen LogP contribution is 2.25. The highest BCUT2D eigenvalue weighted by molar-refractivity contribution is 5.74. The average Bonchev–Trinajstić information content (AvgIpc) is 2.97. The highest BCUT2D eigenvalue weighted by Gasteiger charge is 2.28. The number of nitrogens with one attached hydrogen (secondary N) is 1. The number of nitro groups is 1. The van der Waals surface area contributed by atoms with Crippen molar-refractivity contribution in [1.29, 1.82) is 0 Å². The minimum atomic E-state index is -1.12. The first-order chi connectivity index (χ1) is 10.4. The van der Waals surface area contributed by atoms with Crippen molar-refractivity contribution in [3.05, 3.63) is 57.7 Å². The highest BCUT2D eigenvalue weighted by atomic mass is 16.6. The molecule has 0 spiro atoms. The summed E-state index contributed by atoms with van der Waals surface area (Å²) in [6.07, 6.45) is 3.39. The summed E-state index contributed by atoms with van der Waals surface area (Å²) in [4.78, 5) is 28.4.